The van der Waals surface area contributed by atoms with Crippen molar-refractivity contribution in [2.75, 3.05) is 7.05 Å². The van der Waals surface area contributed by atoms with Crippen LogP contribution < -0.4 is 10.6 Å². The predicted octanol–water partition coefficient (Wildman–Crippen LogP) is 2.94. The van der Waals surface area contributed by atoms with Gasteiger partial charge < -0.3 is 10.1 Å². The van der Waals surface area contributed by atoms with E-state index >= 15 is 0 Å². The molecule has 3 amide bonds. The number of hydrogen-bond donors (Lipinski definition) is 2. The van der Waals surface area contributed by atoms with E-state index in [2.05, 4.69) is 26.6 Å². The first-order chi connectivity index (χ1) is 11.9. The monoisotopic (exact) mass is 408 g/mol. The van der Waals surface area contributed by atoms with Gasteiger partial charge in [-0.1, -0.05) is 30.3 Å². The summed E-state index contributed by atoms with van der Waals surface area (Å²) in [7, 11) is 1.35. The Balaban J connectivity index is 2.28. The van der Waals surface area contributed by atoms with Crippen molar-refractivity contribution >= 4 is 33.8 Å². The van der Waals surface area contributed by atoms with Crippen LogP contribution in [0.5, 0.6) is 0 Å². The summed E-state index contributed by atoms with van der Waals surface area (Å²) in [6.07, 6.45) is -1.34. The topological polar surface area (TPSA) is 84.5 Å². The molecule has 130 valence electrons. The molecule has 8 heteroatoms. The van der Waals surface area contributed by atoms with E-state index in [4.69, 9.17) is 4.74 Å². The van der Waals surface area contributed by atoms with Crippen LogP contribution >= 0.6 is 15.9 Å². The lowest BCUT2D eigenvalue weighted by Gasteiger charge is -2.18. The maximum absolute atomic E-state index is 13.2. The van der Waals surface area contributed by atoms with Gasteiger partial charge in [-0.3, -0.25) is 10.1 Å². The molecule has 0 spiro atoms. The van der Waals surface area contributed by atoms with Crippen LogP contribution in [0.1, 0.15) is 22.0 Å². The zero-order valence-electron chi connectivity index (χ0n) is 13.1. The quantitative estimate of drug-likeness (QED) is 0.761. The lowest BCUT2D eigenvalue weighted by Crippen LogP contribution is -2.41. The van der Waals surface area contributed by atoms with Crippen LogP contribution in [0.25, 0.3) is 0 Å². The number of rotatable bonds is 4. The predicted molar refractivity (Wildman–Crippen MR) is 91.3 cm³/mol. The van der Waals surface area contributed by atoms with E-state index < -0.39 is 29.8 Å². The molecular weight excluding hydrogens is 395 g/mol. The zero-order valence-corrected chi connectivity index (χ0v) is 14.7. The van der Waals surface area contributed by atoms with Gasteiger partial charge in [0.1, 0.15) is 5.82 Å². The van der Waals surface area contributed by atoms with Crippen molar-refractivity contribution < 1.29 is 23.5 Å². The fourth-order valence-electron chi connectivity index (χ4n) is 1.97. The van der Waals surface area contributed by atoms with Crippen molar-refractivity contribution in [1.29, 1.82) is 0 Å². The van der Waals surface area contributed by atoms with Gasteiger partial charge >= 0.3 is 12.0 Å². The number of carbonyl (C=O) groups excluding carboxylic acids is 3. The van der Waals surface area contributed by atoms with E-state index in [0.29, 0.717) is 5.56 Å². The highest BCUT2D eigenvalue weighted by molar-refractivity contribution is 9.10. The molecule has 0 saturated carbocycles. The first-order valence-electron chi connectivity index (χ1n) is 7.16. The Morgan fingerprint density at radius 1 is 1.12 bits per heavy atom. The second-order valence-electron chi connectivity index (χ2n) is 4.89. The van der Waals surface area contributed by atoms with Crippen molar-refractivity contribution in [3.8, 4) is 0 Å². The van der Waals surface area contributed by atoms with Crippen LogP contribution in [0, 0.1) is 5.82 Å². The Morgan fingerprint density at radius 3 is 2.40 bits per heavy atom. The largest absolute Gasteiger partial charge is 0.444 e. The summed E-state index contributed by atoms with van der Waals surface area (Å²) in [6.45, 7) is 0. The number of esters is 1. The van der Waals surface area contributed by atoms with Gasteiger partial charge in [0.25, 0.3) is 5.91 Å². The van der Waals surface area contributed by atoms with Crippen molar-refractivity contribution in [2.24, 2.45) is 0 Å². The molecule has 0 aliphatic heterocycles. The molecule has 0 unspecified atom stereocenters. The van der Waals surface area contributed by atoms with Crippen LogP contribution in [0.2, 0.25) is 0 Å². The zero-order chi connectivity index (χ0) is 18.4. The number of halogens is 2. The summed E-state index contributed by atoms with van der Waals surface area (Å²) in [5, 5.41) is 4.31. The van der Waals surface area contributed by atoms with Gasteiger partial charge in [-0.15, -0.1) is 0 Å². The molecule has 0 fully saturated rings. The minimum absolute atomic E-state index is 0.0510. The summed E-state index contributed by atoms with van der Waals surface area (Å²) >= 11 is 3.08. The van der Waals surface area contributed by atoms with Gasteiger partial charge in [0.05, 0.1) is 5.56 Å². The van der Waals surface area contributed by atoms with Gasteiger partial charge in [0, 0.05) is 17.1 Å². The summed E-state index contributed by atoms with van der Waals surface area (Å²) in [5.41, 5.74) is 0.436. The average Bonchev–Trinajstić information content (AvgIpc) is 2.59. The molecule has 6 nitrogen and oxygen atoms in total. The molecule has 0 bridgehead atoms. The maximum atomic E-state index is 13.2. The fourth-order valence-corrected chi connectivity index (χ4v) is 2.48. The molecule has 1 atom stereocenters. The van der Waals surface area contributed by atoms with Gasteiger partial charge in [0.15, 0.2) is 0 Å². The van der Waals surface area contributed by atoms with E-state index in [1.54, 1.807) is 30.3 Å². The lowest BCUT2D eigenvalue weighted by molar-refractivity contribution is -0.129. The van der Waals surface area contributed by atoms with Crippen LogP contribution in [0.15, 0.2) is 53.0 Å². The fraction of sp³-hybridized carbons (Fsp3) is 0.118. The Labute approximate surface area is 151 Å². The standard InChI is InChI=1S/C17H14BrFN2O4/c1-20-17(24)21-15(22)14(10-5-3-2-4-6-10)25-16(23)12-8-7-11(19)9-13(12)18/h2-9,14H,1H3,(H2,20,21,22,24)/t14-/m1/s1. The third kappa shape index (κ3) is 4.87. The Hall–Kier alpha value is -2.74. The summed E-state index contributed by atoms with van der Waals surface area (Å²) < 4.78 is 18.6. The van der Waals surface area contributed by atoms with Gasteiger partial charge in [0.2, 0.25) is 6.10 Å². The van der Waals surface area contributed by atoms with Gasteiger partial charge in [-0.05, 0) is 34.1 Å². The molecule has 2 rings (SSSR count). The number of hydrogen-bond acceptors (Lipinski definition) is 4. The number of urea groups is 1. The lowest BCUT2D eigenvalue weighted by atomic mass is 10.1. The number of carbonyl (C=O) groups is 3. The smallest absolute Gasteiger partial charge is 0.340 e. The van der Waals surface area contributed by atoms with Crippen molar-refractivity contribution in [3.63, 3.8) is 0 Å². The molecule has 2 aromatic rings. The molecule has 25 heavy (non-hydrogen) atoms. The number of nitrogens with one attached hydrogen (secondary N) is 2. The van der Waals surface area contributed by atoms with Crippen LogP contribution in [0.4, 0.5) is 9.18 Å². The molecule has 0 heterocycles. The van der Waals surface area contributed by atoms with Crippen molar-refractivity contribution in [1.82, 2.24) is 10.6 Å². The minimum atomic E-state index is -1.34. The first-order valence-corrected chi connectivity index (χ1v) is 7.95. The minimum Gasteiger partial charge on any atom is -0.444 e. The third-order valence-electron chi connectivity index (χ3n) is 3.18. The summed E-state index contributed by atoms with van der Waals surface area (Å²) in [4.78, 5) is 36.0. The van der Waals surface area contributed by atoms with Crippen molar-refractivity contribution in [3.05, 3.63) is 69.9 Å². The van der Waals surface area contributed by atoms with E-state index in [9.17, 15) is 18.8 Å². The SMILES string of the molecule is CNC(=O)NC(=O)[C@H](OC(=O)c1ccc(F)cc1Br)c1ccccc1. The summed E-state index contributed by atoms with van der Waals surface area (Å²) in [6, 6.07) is 10.9. The Kier molecular flexibility index (Phi) is 6.24. The number of benzene rings is 2. The third-order valence-corrected chi connectivity index (χ3v) is 3.84. The molecule has 0 aliphatic carbocycles. The highest BCUT2D eigenvalue weighted by Gasteiger charge is 2.27. The highest BCUT2D eigenvalue weighted by atomic mass is 79.9. The number of imide groups is 1. The Bertz CT molecular complexity index is 798. The number of amides is 3. The van der Waals surface area contributed by atoms with Crippen LogP contribution in [0.3, 0.4) is 0 Å². The maximum Gasteiger partial charge on any atom is 0.340 e. The van der Waals surface area contributed by atoms with Gasteiger partial charge in [-0.2, -0.15) is 0 Å². The normalized spacial score (nSPS) is 11.3. The highest BCUT2D eigenvalue weighted by Crippen LogP contribution is 2.23. The van der Waals surface area contributed by atoms with E-state index in [1.165, 1.54) is 13.1 Å². The van der Waals surface area contributed by atoms with E-state index in [0.717, 1.165) is 12.1 Å². The first kappa shape index (κ1) is 18.6. The average molecular weight is 409 g/mol. The van der Waals surface area contributed by atoms with Crippen LogP contribution in [-0.4, -0.2) is 25.0 Å². The second-order valence-corrected chi connectivity index (χ2v) is 5.74. The summed E-state index contributed by atoms with van der Waals surface area (Å²) in [5.74, 6) is -2.18. The van der Waals surface area contributed by atoms with Crippen LogP contribution in [-0.2, 0) is 9.53 Å². The Morgan fingerprint density at radius 2 is 1.80 bits per heavy atom. The van der Waals surface area contributed by atoms with E-state index in [-0.39, 0.29) is 10.0 Å². The molecular formula is C17H14BrFN2O4. The molecule has 0 aliphatic rings. The molecule has 2 aromatic carbocycles. The van der Waals surface area contributed by atoms with E-state index in [1.807, 2.05) is 0 Å². The number of ether oxygens (including phenoxy) is 1. The van der Waals surface area contributed by atoms with Gasteiger partial charge in [-0.25, -0.2) is 14.0 Å². The molecule has 2 N–H and O–H groups in total. The second kappa shape index (κ2) is 8.39. The van der Waals surface area contributed by atoms with Crippen molar-refractivity contribution in [2.45, 2.75) is 6.10 Å². The molecule has 0 saturated heterocycles. The molecule has 0 radical (unpaired) electrons. The molecule has 0 aromatic heterocycles.